The monoisotopic (exact) mass is 327 g/mol. The molecule has 0 aromatic heterocycles. The largest absolute Gasteiger partial charge is 0.496 e. The molecule has 2 rings (SSSR count). The molecule has 1 atom stereocenters. The lowest BCUT2D eigenvalue weighted by Crippen LogP contribution is -2.43. The Morgan fingerprint density at radius 2 is 2.32 bits per heavy atom. The number of nitrogens with zero attached hydrogens (tertiary/aromatic N) is 1. The number of carbonyl (C=O) groups is 1. The summed E-state index contributed by atoms with van der Waals surface area (Å²) in [4.78, 5) is 13.3. The third-order valence-corrected chi connectivity index (χ3v) is 4.12. The molecule has 1 heterocycles. The standard InChI is InChI=1S/C14H18BrNO3/c1-19-13-6-5-10(8-11(13)15)9-16-7-3-2-4-12(16)14(17)18/h5-6,8,12H,2-4,7,9H2,1H3,(H,17,18). The molecule has 0 amide bonds. The molecular formula is C14H18BrNO3. The minimum atomic E-state index is -0.715. The van der Waals surface area contributed by atoms with Crippen molar-refractivity contribution in [2.45, 2.75) is 31.8 Å². The van der Waals surface area contributed by atoms with Gasteiger partial charge in [-0.05, 0) is 53.0 Å². The summed E-state index contributed by atoms with van der Waals surface area (Å²) < 4.78 is 6.09. The average Bonchev–Trinajstić information content (AvgIpc) is 2.39. The van der Waals surface area contributed by atoms with Gasteiger partial charge in [0, 0.05) is 6.54 Å². The maximum absolute atomic E-state index is 11.3. The summed E-state index contributed by atoms with van der Waals surface area (Å²) >= 11 is 3.46. The van der Waals surface area contributed by atoms with Crippen molar-refractivity contribution in [3.05, 3.63) is 28.2 Å². The van der Waals surface area contributed by atoms with E-state index in [4.69, 9.17) is 4.74 Å². The second kappa shape index (κ2) is 6.39. The molecule has 1 aliphatic rings. The van der Waals surface area contributed by atoms with Crippen molar-refractivity contribution in [2.75, 3.05) is 13.7 Å². The van der Waals surface area contributed by atoms with Gasteiger partial charge in [0.25, 0.3) is 0 Å². The fourth-order valence-electron chi connectivity index (χ4n) is 2.50. The Morgan fingerprint density at radius 1 is 1.53 bits per heavy atom. The summed E-state index contributed by atoms with van der Waals surface area (Å²) in [6.45, 7) is 1.51. The van der Waals surface area contributed by atoms with E-state index in [-0.39, 0.29) is 6.04 Å². The number of piperidine rings is 1. The van der Waals surface area contributed by atoms with Crippen LogP contribution in [0.1, 0.15) is 24.8 Å². The van der Waals surface area contributed by atoms with Gasteiger partial charge in [-0.1, -0.05) is 12.5 Å². The van der Waals surface area contributed by atoms with Crippen molar-refractivity contribution in [1.82, 2.24) is 4.90 Å². The number of benzene rings is 1. The molecule has 104 valence electrons. The minimum Gasteiger partial charge on any atom is -0.496 e. The minimum absolute atomic E-state index is 0.352. The number of hydrogen-bond donors (Lipinski definition) is 1. The van der Waals surface area contributed by atoms with Gasteiger partial charge < -0.3 is 9.84 Å². The third kappa shape index (κ3) is 3.48. The molecule has 1 aliphatic heterocycles. The normalized spacial score (nSPS) is 20.2. The van der Waals surface area contributed by atoms with Crippen LogP contribution >= 0.6 is 15.9 Å². The number of likely N-dealkylation sites (tertiary alicyclic amines) is 1. The van der Waals surface area contributed by atoms with Gasteiger partial charge in [0.15, 0.2) is 0 Å². The highest BCUT2D eigenvalue weighted by Gasteiger charge is 2.28. The quantitative estimate of drug-likeness (QED) is 0.923. The van der Waals surface area contributed by atoms with E-state index in [1.807, 2.05) is 23.1 Å². The molecule has 19 heavy (non-hydrogen) atoms. The van der Waals surface area contributed by atoms with Gasteiger partial charge in [-0.25, -0.2) is 0 Å². The number of carboxylic acid groups (broad SMARTS) is 1. The van der Waals surface area contributed by atoms with Gasteiger partial charge in [-0.2, -0.15) is 0 Å². The van der Waals surface area contributed by atoms with Crippen LogP contribution in [0.3, 0.4) is 0 Å². The molecule has 4 nitrogen and oxygen atoms in total. The first kappa shape index (κ1) is 14.3. The number of hydrogen-bond acceptors (Lipinski definition) is 3. The molecular weight excluding hydrogens is 310 g/mol. The summed E-state index contributed by atoms with van der Waals surface area (Å²) in [5, 5.41) is 9.25. The number of aliphatic carboxylic acids is 1. The fourth-order valence-corrected chi connectivity index (χ4v) is 3.09. The molecule has 1 fully saturated rings. The van der Waals surface area contributed by atoms with Gasteiger partial charge in [-0.15, -0.1) is 0 Å². The van der Waals surface area contributed by atoms with Crippen LogP contribution in [0.25, 0.3) is 0 Å². The molecule has 1 aromatic rings. The zero-order valence-corrected chi connectivity index (χ0v) is 12.5. The molecule has 0 aliphatic carbocycles. The van der Waals surface area contributed by atoms with Crippen molar-refractivity contribution in [2.24, 2.45) is 0 Å². The van der Waals surface area contributed by atoms with Crippen molar-refractivity contribution < 1.29 is 14.6 Å². The highest BCUT2D eigenvalue weighted by molar-refractivity contribution is 9.10. The highest BCUT2D eigenvalue weighted by atomic mass is 79.9. The number of halogens is 1. The van der Waals surface area contributed by atoms with E-state index in [2.05, 4.69) is 15.9 Å². The van der Waals surface area contributed by atoms with E-state index in [1.54, 1.807) is 7.11 Å². The highest BCUT2D eigenvalue weighted by Crippen LogP contribution is 2.27. The first-order chi connectivity index (χ1) is 9.11. The van der Waals surface area contributed by atoms with Gasteiger partial charge in [0.1, 0.15) is 11.8 Å². The second-order valence-corrected chi connectivity index (χ2v) is 5.64. The fraction of sp³-hybridized carbons (Fsp3) is 0.500. The van der Waals surface area contributed by atoms with Gasteiger partial charge in [0.2, 0.25) is 0 Å². The lowest BCUT2D eigenvalue weighted by molar-refractivity contribution is -0.144. The molecule has 0 bridgehead atoms. The van der Waals surface area contributed by atoms with Crippen LogP contribution in [0.2, 0.25) is 0 Å². The Morgan fingerprint density at radius 3 is 2.95 bits per heavy atom. The van der Waals surface area contributed by atoms with Gasteiger partial charge in [0.05, 0.1) is 11.6 Å². The molecule has 1 saturated heterocycles. The summed E-state index contributed by atoms with van der Waals surface area (Å²) in [5.74, 6) is 0.0736. The van der Waals surface area contributed by atoms with Crippen LogP contribution in [-0.2, 0) is 11.3 Å². The summed E-state index contributed by atoms with van der Waals surface area (Å²) in [7, 11) is 1.63. The zero-order chi connectivity index (χ0) is 13.8. The Bertz CT molecular complexity index is 464. The smallest absolute Gasteiger partial charge is 0.320 e. The molecule has 0 radical (unpaired) electrons. The van der Waals surface area contributed by atoms with Crippen LogP contribution in [0, 0.1) is 0 Å². The maximum atomic E-state index is 11.3. The van der Waals surface area contributed by atoms with Gasteiger partial charge in [-0.3, -0.25) is 9.69 Å². The van der Waals surface area contributed by atoms with Crippen LogP contribution in [0.5, 0.6) is 5.75 Å². The second-order valence-electron chi connectivity index (χ2n) is 4.79. The Kier molecular flexibility index (Phi) is 4.82. The number of rotatable bonds is 4. The first-order valence-electron chi connectivity index (χ1n) is 6.41. The topological polar surface area (TPSA) is 49.8 Å². The molecule has 0 spiro atoms. The van der Waals surface area contributed by atoms with Crippen molar-refractivity contribution in [3.63, 3.8) is 0 Å². The molecule has 5 heteroatoms. The summed E-state index contributed by atoms with van der Waals surface area (Å²) in [6.07, 6.45) is 2.81. The lowest BCUT2D eigenvalue weighted by atomic mass is 10.0. The van der Waals surface area contributed by atoms with E-state index in [9.17, 15) is 9.90 Å². The van der Waals surface area contributed by atoms with E-state index in [1.165, 1.54) is 0 Å². The lowest BCUT2D eigenvalue weighted by Gasteiger charge is -2.32. The first-order valence-corrected chi connectivity index (χ1v) is 7.20. The Hall–Kier alpha value is -1.07. The molecule has 1 aromatic carbocycles. The van der Waals surface area contributed by atoms with Crippen LogP contribution in [-0.4, -0.2) is 35.7 Å². The number of ether oxygens (including phenoxy) is 1. The van der Waals surface area contributed by atoms with Crippen molar-refractivity contribution in [3.8, 4) is 5.75 Å². The predicted molar refractivity (Wildman–Crippen MR) is 76.4 cm³/mol. The van der Waals surface area contributed by atoms with Crippen molar-refractivity contribution in [1.29, 1.82) is 0 Å². The predicted octanol–water partition coefficient (Wildman–Crippen LogP) is 2.90. The molecule has 0 saturated carbocycles. The van der Waals surface area contributed by atoms with E-state index in [0.717, 1.165) is 41.6 Å². The zero-order valence-electron chi connectivity index (χ0n) is 10.9. The summed E-state index contributed by atoms with van der Waals surface area (Å²) in [6, 6.07) is 5.53. The summed E-state index contributed by atoms with van der Waals surface area (Å²) in [5.41, 5.74) is 1.10. The van der Waals surface area contributed by atoms with E-state index in [0.29, 0.717) is 6.54 Å². The number of methoxy groups -OCH3 is 1. The average molecular weight is 328 g/mol. The van der Waals surface area contributed by atoms with E-state index < -0.39 is 5.97 Å². The van der Waals surface area contributed by atoms with Crippen LogP contribution < -0.4 is 4.74 Å². The number of carboxylic acids is 1. The molecule has 1 unspecified atom stereocenters. The Labute approximate surface area is 121 Å². The van der Waals surface area contributed by atoms with E-state index >= 15 is 0 Å². The van der Waals surface area contributed by atoms with Gasteiger partial charge >= 0.3 is 5.97 Å². The van der Waals surface area contributed by atoms with Crippen LogP contribution in [0.15, 0.2) is 22.7 Å². The van der Waals surface area contributed by atoms with Crippen molar-refractivity contribution >= 4 is 21.9 Å². The maximum Gasteiger partial charge on any atom is 0.320 e. The third-order valence-electron chi connectivity index (χ3n) is 3.50. The van der Waals surface area contributed by atoms with Crippen LogP contribution in [0.4, 0.5) is 0 Å². The Balaban J connectivity index is 2.10. The molecule has 1 N–H and O–H groups in total. The SMILES string of the molecule is COc1ccc(CN2CCCCC2C(=O)O)cc1Br.